The van der Waals surface area contributed by atoms with E-state index in [2.05, 4.69) is 22.2 Å². The molecule has 1 saturated heterocycles. The van der Waals surface area contributed by atoms with Crippen LogP contribution in [0.4, 0.5) is 5.82 Å². The van der Waals surface area contributed by atoms with Crippen LogP contribution in [-0.2, 0) is 17.7 Å². The molecule has 1 aliphatic heterocycles. The molecular formula is C22H36N6O4. The first-order valence-corrected chi connectivity index (χ1v) is 11.7. The summed E-state index contributed by atoms with van der Waals surface area (Å²) >= 11 is 0. The molecular weight excluding hydrogens is 412 g/mol. The highest BCUT2D eigenvalue weighted by atomic mass is 16.5. The van der Waals surface area contributed by atoms with E-state index in [1.807, 2.05) is 6.20 Å². The Bertz CT molecular complexity index is 899. The number of unbranched alkanes of at least 4 members (excludes halogenated alkanes) is 7. The minimum atomic E-state index is -0.841. The molecule has 2 aromatic rings. The van der Waals surface area contributed by atoms with Gasteiger partial charge < -0.3 is 20.7 Å². The molecule has 0 bridgehead atoms. The molecule has 0 unspecified atom stereocenters. The summed E-state index contributed by atoms with van der Waals surface area (Å²) in [7, 11) is 0. The number of anilines is 1. The lowest BCUT2D eigenvalue weighted by atomic mass is 10.1. The first-order valence-electron chi connectivity index (χ1n) is 11.7. The van der Waals surface area contributed by atoms with Crippen LogP contribution >= 0.6 is 0 Å². The van der Waals surface area contributed by atoms with Crippen LogP contribution in [0.2, 0.25) is 0 Å². The number of hydrogen-bond acceptors (Lipinski definition) is 8. The molecule has 0 radical (unpaired) electrons. The summed E-state index contributed by atoms with van der Waals surface area (Å²) in [6.07, 6.45) is 12.4. The van der Waals surface area contributed by atoms with Gasteiger partial charge in [-0.1, -0.05) is 57.1 Å². The molecule has 0 aromatic carbocycles. The topological polar surface area (TPSA) is 141 Å². The van der Waals surface area contributed by atoms with Gasteiger partial charge in [0.15, 0.2) is 0 Å². The third-order valence-corrected chi connectivity index (χ3v) is 5.96. The summed E-state index contributed by atoms with van der Waals surface area (Å²) < 4.78 is 8.57. The molecule has 3 atom stereocenters. The number of nitrogen functional groups attached to an aromatic ring is 1. The minimum absolute atomic E-state index is 0.128. The molecule has 10 heteroatoms. The lowest BCUT2D eigenvalue weighted by molar-refractivity contribution is -0.0459. The molecule has 4 N–H and O–H groups in total. The average Bonchev–Trinajstić information content (AvgIpc) is 3.37. The molecule has 1 aliphatic rings. The minimum Gasteiger partial charge on any atom is -0.394 e. The molecule has 3 heterocycles. The van der Waals surface area contributed by atoms with Crippen molar-refractivity contribution in [2.75, 3.05) is 12.3 Å². The van der Waals surface area contributed by atoms with E-state index in [1.165, 1.54) is 49.5 Å². The number of ether oxygens (including phenoxy) is 1. The third kappa shape index (κ3) is 6.60. The zero-order valence-corrected chi connectivity index (χ0v) is 18.9. The fourth-order valence-electron chi connectivity index (χ4n) is 4.05. The van der Waals surface area contributed by atoms with Crippen LogP contribution in [0.15, 0.2) is 17.2 Å². The highest BCUT2D eigenvalue weighted by Gasteiger charge is 2.35. The van der Waals surface area contributed by atoms with Crippen molar-refractivity contribution in [1.29, 1.82) is 0 Å². The van der Waals surface area contributed by atoms with Crippen molar-refractivity contribution in [2.45, 2.75) is 96.1 Å². The predicted octanol–water partition coefficient (Wildman–Crippen LogP) is 1.79. The van der Waals surface area contributed by atoms with Crippen LogP contribution in [0.1, 0.15) is 82.2 Å². The van der Waals surface area contributed by atoms with Crippen molar-refractivity contribution in [3.05, 3.63) is 34.1 Å². The van der Waals surface area contributed by atoms with Gasteiger partial charge in [0.25, 0.3) is 0 Å². The fraction of sp³-hybridized carbons (Fsp3) is 0.727. The summed E-state index contributed by atoms with van der Waals surface area (Å²) in [5, 5.41) is 27.7. The predicted molar refractivity (Wildman–Crippen MR) is 120 cm³/mol. The summed E-state index contributed by atoms with van der Waals surface area (Å²) in [4.78, 5) is 16.2. The van der Waals surface area contributed by atoms with E-state index in [-0.39, 0.29) is 18.8 Å². The molecule has 178 valence electrons. The fourth-order valence-corrected chi connectivity index (χ4v) is 4.05. The number of aliphatic hydroxyl groups excluding tert-OH is 2. The maximum Gasteiger partial charge on any atom is 0.351 e. The lowest BCUT2D eigenvalue weighted by Crippen LogP contribution is -2.29. The maximum absolute atomic E-state index is 12.3. The molecule has 10 nitrogen and oxygen atoms in total. The van der Waals surface area contributed by atoms with Gasteiger partial charge in [0.05, 0.1) is 24.9 Å². The highest BCUT2D eigenvalue weighted by Crippen LogP contribution is 2.28. The largest absolute Gasteiger partial charge is 0.394 e. The third-order valence-electron chi connectivity index (χ3n) is 5.96. The van der Waals surface area contributed by atoms with Gasteiger partial charge in [-0.3, -0.25) is 4.57 Å². The van der Waals surface area contributed by atoms with Gasteiger partial charge in [-0.2, -0.15) is 4.98 Å². The Morgan fingerprint density at radius 2 is 1.88 bits per heavy atom. The van der Waals surface area contributed by atoms with Crippen LogP contribution in [0.3, 0.4) is 0 Å². The van der Waals surface area contributed by atoms with Crippen molar-refractivity contribution in [3.8, 4) is 0 Å². The Kier molecular flexibility index (Phi) is 9.19. The van der Waals surface area contributed by atoms with E-state index in [4.69, 9.17) is 10.5 Å². The van der Waals surface area contributed by atoms with Gasteiger partial charge in [-0.15, -0.1) is 5.10 Å². The maximum atomic E-state index is 12.3. The van der Waals surface area contributed by atoms with Gasteiger partial charge in [0, 0.05) is 24.4 Å². The van der Waals surface area contributed by atoms with Crippen LogP contribution in [0.25, 0.3) is 0 Å². The van der Waals surface area contributed by atoms with Crippen molar-refractivity contribution in [1.82, 2.24) is 24.5 Å². The SMILES string of the molecule is CCCCCCCCCCc1cn(Cc2cn([C@H]3C[C@H](O)[C@@H](CO)O3)c(=O)nc2N)nn1. The average molecular weight is 449 g/mol. The zero-order chi connectivity index (χ0) is 22.9. The van der Waals surface area contributed by atoms with E-state index < -0.39 is 24.1 Å². The summed E-state index contributed by atoms with van der Waals surface area (Å²) in [5.74, 6) is 0.128. The van der Waals surface area contributed by atoms with E-state index in [9.17, 15) is 15.0 Å². The summed E-state index contributed by atoms with van der Waals surface area (Å²) in [5.41, 5.74) is 6.95. The van der Waals surface area contributed by atoms with Crippen LogP contribution in [-0.4, -0.2) is 53.6 Å². The van der Waals surface area contributed by atoms with Gasteiger partial charge in [0.2, 0.25) is 0 Å². The Morgan fingerprint density at radius 3 is 2.56 bits per heavy atom. The number of hydrogen-bond donors (Lipinski definition) is 3. The van der Waals surface area contributed by atoms with Gasteiger partial charge in [0.1, 0.15) is 18.1 Å². The Balaban J connectivity index is 1.53. The van der Waals surface area contributed by atoms with E-state index >= 15 is 0 Å². The Hall–Kier alpha value is -2.30. The first-order chi connectivity index (χ1) is 15.5. The molecule has 0 spiro atoms. The van der Waals surface area contributed by atoms with Crippen LogP contribution in [0, 0.1) is 0 Å². The van der Waals surface area contributed by atoms with E-state index in [0.29, 0.717) is 12.1 Å². The number of aryl methyl sites for hydroxylation is 1. The summed E-state index contributed by atoms with van der Waals surface area (Å²) in [6, 6.07) is 0. The van der Waals surface area contributed by atoms with E-state index in [0.717, 1.165) is 18.5 Å². The van der Waals surface area contributed by atoms with Gasteiger partial charge in [-0.05, 0) is 12.8 Å². The second-order valence-electron chi connectivity index (χ2n) is 8.59. The first kappa shape index (κ1) is 24.3. The quantitative estimate of drug-likeness (QED) is 0.394. The molecule has 0 aliphatic carbocycles. The number of nitrogens with zero attached hydrogens (tertiary/aromatic N) is 5. The zero-order valence-electron chi connectivity index (χ0n) is 18.9. The number of aliphatic hydroxyl groups is 2. The Morgan fingerprint density at radius 1 is 1.16 bits per heavy atom. The van der Waals surface area contributed by atoms with Crippen LogP contribution < -0.4 is 11.4 Å². The van der Waals surface area contributed by atoms with Crippen molar-refractivity contribution >= 4 is 5.82 Å². The van der Waals surface area contributed by atoms with E-state index in [1.54, 1.807) is 10.9 Å². The van der Waals surface area contributed by atoms with Crippen LogP contribution in [0.5, 0.6) is 0 Å². The molecule has 0 amide bonds. The van der Waals surface area contributed by atoms with Crippen molar-refractivity contribution < 1.29 is 14.9 Å². The van der Waals surface area contributed by atoms with Gasteiger partial charge >= 0.3 is 5.69 Å². The molecule has 1 fully saturated rings. The molecule has 0 saturated carbocycles. The van der Waals surface area contributed by atoms with Crippen molar-refractivity contribution in [2.24, 2.45) is 0 Å². The van der Waals surface area contributed by atoms with Gasteiger partial charge in [-0.25, -0.2) is 9.48 Å². The van der Waals surface area contributed by atoms with Crippen molar-refractivity contribution in [3.63, 3.8) is 0 Å². The Labute approximate surface area is 188 Å². The second kappa shape index (κ2) is 12.1. The molecule has 32 heavy (non-hydrogen) atoms. The smallest absolute Gasteiger partial charge is 0.351 e. The summed E-state index contributed by atoms with van der Waals surface area (Å²) in [6.45, 7) is 2.24. The standard InChI is InChI=1S/C22H36N6O4/c1-2-3-4-5-6-7-8-9-10-17-14-27(26-25-17)12-16-13-28(22(31)24-21(16)23)20-11-18(30)19(15-29)32-20/h13-14,18-20,29-30H,2-12,15H2,1H3,(H2,23,24,31)/t18-,19+,20+/m0/s1. The highest BCUT2D eigenvalue weighted by molar-refractivity contribution is 5.36. The normalized spacial score (nSPS) is 20.8. The number of aromatic nitrogens is 5. The second-order valence-corrected chi connectivity index (χ2v) is 8.59. The monoisotopic (exact) mass is 448 g/mol. The molecule has 2 aromatic heterocycles. The lowest BCUT2D eigenvalue weighted by Gasteiger charge is -2.16. The number of rotatable bonds is 13. The number of nitrogens with two attached hydrogens (primary N) is 1. The molecule has 3 rings (SSSR count).